The number of ether oxygens (including phenoxy) is 1. The van der Waals surface area contributed by atoms with Crippen LogP contribution in [0, 0.1) is 0 Å². The molecule has 1 heterocycles. The quantitative estimate of drug-likeness (QED) is 0.639. The number of hydrogen-bond donors (Lipinski definition) is 1. The Morgan fingerprint density at radius 2 is 1.92 bits per heavy atom. The van der Waals surface area contributed by atoms with Crippen molar-refractivity contribution in [1.29, 1.82) is 0 Å². The number of nitrogens with one attached hydrogen (secondary N) is 1. The van der Waals surface area contributed by atoms with E-state index in [1.54, 1.807) is 30.3 Å². The number of nitrogens with zero attached hydrogens (tertiary/aromatic N) is 1. The molecule has 24 heavy (non-hydrogen) atoms. The molecule has 0 bridgehead atoms. The zero-order valence-electron chi connectivity index (χ0n) is 13.0. The minimum atomic E-state index is -0.456. The highest BCUT2D eigenvalue weighted by atomic mass is 79.9. The van der Waals surface area contributed by atoms with Crippen LogP contribution in [0.3, 0.4) is 0 Å². The molecule has 6 heteroatoms. The van der Waals surface area contributed by atoms with Gasteiger partial charge in [0.15, 0.2) is 0 Å². The predicted molar refractivity (Wildman–Crippen MR) is 95.7 cm³/mol. The van der Waals surface area contributed by atoms with E-state index >= 15 is 0 Å². The first kappa shape index (κ1) is 16.3. The fourth-order valence-electron chi connectivity index (χ4n) is 2.39. The van der Waals surface area contributed by atoms with E-state index in [0.717, 1.165) is 20.7 Å². The van der Waals surface area contributed by atoms with Crippen molar-refractivity contribution < 1.29 is 14.3 Å². The molecule has 2 aromatic carbocycles. The van der Waals surface area contributed by atoms with Gasteiger partial charge >= 0.3 is 6.03 Å². The van der Waals surface area contributed by atoms with Gasteiger partial charge in [-0.1, -0.05) is 24.3 Å². The molecule has 0 aliphatic carbocycles. The molecule has 0 aromatic heterocycles. The Balaban J connectivity index is 1.88. The Labute approximate surface area is 148 Å². The van der Waals surface area contributed by atoms with Crippen molar-refractivity contribution in [1.82, 2.24) is 5.32 Å². The first-order valence-electron chi connectivity index (χ1n) is 7.44. The third-order valence-electron chi connectivity index (χ3n) is 3.46. The van der Waals surface area contributed by atoms with Gasteiger partial charge in [-0.25, -0.2) is 9.69 Å². The van der Waals surface area contributed by atoms with Crippen molar-refractivity contribution in [2.75, 3.05) is 11.5 Å². The maximum Gasteiger partial charge on any atom is 0.333 e. The summed E-state index contributed by atoms with van der Waals surface area (Å²) in [5, 5.41) is 2.61. The summed E-state index contributed by atoms with van der Waals surface area (Å²) >= 11 is 3.44. The molecule has 3 rings (SSSR count). The molecule has 1 N–H and O–H groups in total. The summed E-state index contributed by atoms with van der Waals surface area (Å²) in [7, 11) is 0. The zero-order chi connectivity index (χ0) is 17.1. The van der Waals surface area contributed by atoms with Crippen molar-refractivity contribution in [2.24, 2.45) is 0 Å². The van der Waals surface area contributed by atoms with E-state index < -0.39 is 6.03 Å². The number of urea groups is 1. The molecule has 0 saturated carbocycles. The summed E-state index contributed by atoms with van der Waals surface area (Å²) in [5.74, 6) is 0.351. The Hall–Kier alpha value is -2.60. The van der Waals surface area contributed by atoms with Gasteiger partial charge in [0.05, 0.1) is 16.8 Å². The third kappa shape index (κ3) is 3.19. The van der Waals surface area contributed by atoms with Crippen LogP contribution >= 0.6 is 15.9 Å². The SMILES string of the molecule is CCOc1ccc(C=C2NC(=O)N(c3ccccc3)C2=O)cc1Br. The van der Waals surface area contributed by atoms with Crippen molar-refractivity contribution in [3.05, 3.63) is 64.3 Å². The molecule has 1 aliphatic heterocycles. The van der Waals surface area contributed by atoms with E-state index in [2.05, 4.69) is 21.2 Å². The van der Waals surface area contributed by atoms with Gasteiger partial charge in [0.2, 0.25) is 0 Å². The van der Waals surface area contributed by atoms with E-state index in [1.165, 1.54) is 0 Å². The number of anilines is 1. The van der Waals surface area contributed by atoms with Crippen LogP contribution in [0.2, 0.25) is 0 Å². The molecule has 3 amide bonds. The Kier molecular flexibility index (Phi) is 4.66. The largest absolute Gasteiger partial charge is 0.493 e. The molecule has 0 atom stereocenters. The summed E-state index contributed by atoms with van der Waals surface area (Å²) in [4.78, 5) is 25.7. The smallest absolute Gasteiger partial charge is 0.333 e. The maximum atomic E-state index is 12.5. The number of carbonyl (C=O) groups excluding carboxylic acids is 2. The molecule has 1 fully saturated rings. The minimum Gasteiger partial charge on any atom is -0.493 e. The first-order valence-corrected chi connectivity index (χ1v) is 8.24. The first-order chi connectivity index (χ1) is 11.6. The summed E-state index contributed by atoms with van der Waals surface area (Å²) in [6.45, 7) is 2.48. The molecule has 0 spiro atoms. The second kappa shape index (κ2) is 6.88. The van der Waals surface area contributed by atoms with Crippen molar-refractivity contribution in [3.8, 4) is 5.75 Å². The lowest BCUT2D eigenvalue weighted by Crippen LogP contribution is -2.30. The van der Waals surface area contributed by atoms with Gasteiger partial charge in [-0.05, 0) is 58.8 Å². The summed E-state index contributed by atoms with van der Waals surface area (Å²) in [6, 6.07) is 13.8. The minimum absolute atomic E-state index is 0.236. The van der Waals surface area contributed by atoms with Gasteiger partial charge in [-0.2, -0.15) is 0 Å². The van der Waals surface area contributed by atoms with Crippen molar-refractivity contribution in [2.45, 2.75) is 6.92 Å². The van der Waals surface area contributed by atoms with Crippen LogP contribution in [0.5, 0.6) is 5.75 Å². The maximum absolute atomic E-state index is 12.5. The predicted octanol–water partition coefficient (Wildman–Crippen LogP) is 3.95. The second-order valence-corrected chi connectivity index (χ2v) is 5.94. The van der Waals surface area contributed by atoms with E-state index in [1.807, 2.05) is 31.2 Å². The number of para-hydroxylation sites is 1. The highest BCUT2D eigenvalue weighted by Gasteiger charge is 2.34. The lowest BCUT2D eigenvalue weighted by Gasteiger charge is -2.10. The highest BCUT2D eigenvalue weighted by molar-refractivity contribution is 9.10. The number of halogens is 1. The third-order valence-corrected chi connectivity index (χ3v) is 4.08. The van der Waals surface area contributed by atoms with Gasteiger partial charge in [0.25, 0.3) is 5.91 Å². The average molecular weight is 387 g/mol. The molecule has 122 valence electrons. The standard InChI is InChI=1S/C18H15BrN2O3/c1-2-24-16-9-8-12(10-14(16)19)11-15-17(22)21(18(23)20-15)13-6-4-3-5-7-13/h3-11H,2H2,1H3,(H,20,23). The van der Waals surface area contributed by atoms with Crippen LogP contribution in [0.1, 0.15) is 12.5 Å². The number of carbonyl (C=O) groups is 2. The fraction of sp³-hybridized carbons (Fsp3) is 0.111. The van der Waals surface area contributed by atoms with Gasteiger partial charge in [-0.15, -0.1) is 0 Å². The van der Waals surface area contributed by atoms with E-state index in [4.69, 9.17) is 4.74 Å². The molecule has 5 nitrogen and oxygen atoms in total. The molecule has 1 saturated heterocycles. The van der Waals surface area contributed by atoms with E-state index in [-0.39, 0.29) is 11.6 Å². The molecule has 2 aromatic rings. The topological polar surface area (TPSA) is 58.6 Å². The normalized spacial score (nSPS) is 15.8. The zero-order valence-corrected chi connectivity index (χ0v) is 14.5. The monoisotopic (exact) mass is 386 g/mol. The van der Waals surface area contributed by atoms with Crippen LogP contribution in [-0.2, 0) is 4.79 Å². The van der Waals surface area contributed by atoms with Crippen LogP contribution in [0.25, 0.3) is 6.08 Å². The van der Waals surface area contributed by atoms with Crippen LogP contribution in [0.15, 0.2) is 58.7 Å². The number of imide groups is 1. The van der Waals surface area contributed by atoms with Crippen LogP contribution in [0.4, 0.5) is 10.5 Å². The van der Waals surface area contributed by atoms with Crippen LogP contribution < -0.4 is 15.0 Å². The lowest BCUT2D eigenvalue weighted by molar-refractivity contribution is -0.113. The Morgan fingerprint density at radius 1 is 1.17 bits per heavy atom. The summed E-state index contributed by atoms with van der Waals surface area (Å²) in [5.41, 5.74) is 1.56. The molecular formula is C18H15BrN2O3. The summed E-state index contributed by atoms with van der Waals surface area (Å²) in [6.07, 6.45) is 1.64. The average Bonchev–Trinajstić information content (AvgIpc) is 2.85. The van der Waals surface area contributed by atoms with Gasteiger partial charge in [-0.3, -0.25) is 4.79 Å². The Bertz CT molecular complexity index is 818. The lowest BCUT2D eigenvalue weighted by atomic mass is 10.2. The summed E-state index contributed by atoms with van der Waals surface area (Å²) < 4.78 is 6.25. The van der Waals surface area contributed by atoms with E-state index in [9.17, 15) is 9.59 Å². The number of amides is 3. The molecule has 0 radical (unpaired) electrons. The highest BCUT2D eigenvalue weighted by Crippen LogP contribution is 2.28. The molecular weight excluding hydrogens is 372 g/mol. The number of rotatable bonds is 4. The van der Waals surface area contributed by atoms with Gasteiger partial charge in [0.1, 0.15) is 11.4 Å². The van der Waals surface area contributed by atoms with E-state index in [0.29, 0.717) is 12.3 Å². The molecule has 0 unspecified atom stereocenters. The van der Waals surface area contributed by atoms with Gasteiger partial charge < -0.3 is 10.1 Å². The Morgan fingerprint density at radius 3 is 2.58 bits per heavy atom. The second-order valence-electron chi connectivity index (χ2n) is 5.09. The van der Waals surface area contributed by atoms with Gasteiger partial charge in [0, 0.05) is 0 Å². The van der Waals surface area contributed by atoms with Crippen molar-refractivity contribution in [3.63, 3.8) is 0 Å². The number of benzene rings is 2. The van der Waals surface area contributed by atoms with Crippen molar-refractivity contribution >= 4 is 39.6 Å². The molecule has 1 aliphatic rings. The van der Waals surface area contributed by atoms with Crippen LogP contribution in [-0.4, -0.2) is 18.5 Å². The fourth-order valence-corrected chi connectivity index (χ4v) is 2.90. The number of hydrogen-bond acceptors (Lipinski definition) is 3.